The Hall–Kier alpha value is -3.93. The molecule has 0 bridgehead atoms. The van der Waals surface area contributed by atoms with E-state index in [-0.39, 0.29) is 40.9 Å². The van der Waals surface area contributed by atoms with E-state index >= 15 is 0 Å². The first kappa shape index (κ1) is 16.4. The van der Waals surface area contributed by atoms with E-state index < -0.39 is 0 Å². The molecule has 0 spiro atoms. The van der Waals surface area contributed by atoms with Gasteiger partial charge in [0.1, 0.15) is 5.78 Å². The van der Waals surface area contributed by atoms with Gasteiger partial charge in [-0.2, -0.15) is 21.0 Å². The van der Waals surface area contributed by atoms with Crippen molar-refractivity contribution in [2.24, 2.45) is 0 Å². The van der Waals surface area contributed by atoms with Crippen LogP contribution in [0.1, 0.15) is 33.4 Å². The maximum atomic E-state index is 12.4. The molecule has 0 saturated carbocycles. The molecule has 0 unspecified atom stereocenters. The zero-order chi connectivity index (χ0) is 17.5. The van der Waals surface area contributed by atoms with E-state index in [1.165, 1.54) is 0 Å². The first-order valence-electron chi connectivity index (χ1n) is 7.00. The molecule has 0 aliphatic carbocycles. The average Bonchev–Trinajstić information content (AvgIpc) is 2.61. The van der Waals surface area contributed by atoms with Gasteiger partial charge in [-0.3, -0.25) is 4.79 Å². The summed E-state index contributed by atoms with van der Waals surface area (Å²) in [7, 11) is 0. The van der Waals surface area contributed by atoms with Crippen molar-refractivity contribution in [3.8, 4) is 24.3 Å². The minimum atomic E-state index is -0.270. The van der Waals surface area contributed by atoms with Gasteiger partial charge in [0.2, 0.25) is 0 Å². The number of rotatable bonds is 4. The number of nitrogens with zero attached hydrogens (tertiary/aromatic N) is 4. The number of hydrogen-bond donors (Lipinski definition) is 0. The highest BCUT2D eigenvalue weighted by Crippen LogP contribution is 2.18. The minimum absolute atomic E-state index is 0.0999. The summed E-state index contributed by atoms with van der Waals surface area (Å²) in [6.07, 6.45) is -0.200. The summed E-state index contributed by atoms with van der Waals surface area (Å²) in [5, 5.41) is 36.6. The Bertz CT molecular complexity index is 834. The smallest absolute Gasteiger partial charge is 0.141 e. The number of carbonyl (C=O) groups excluding carboxylic acids is 1. The molecular weight excluding hydrogens is 300 g/mol. The van der Waals surface area contributed by atoms with Crippen LogP contribution < -0.4 is 0 Å². The number of nitriles is 4. The molecule has 0 saturated heterocycles. The average molecular weight is 310 g/mol. The van der Waals surface area contributed by atoms with Gasteiger partial charge in [-0.05, 0) is 35.4 Å². The molecule has 5 heteroatoms. The third-order valence-corrected chi connectivity index (χ3v) is 3.58. The van der Waals surface area contributed by atoms with Gasteiger partial charge in [0.25, 0.3) is 0 Å². The molecule has 0 fully saturated rings. The van der Waals surface area contributed by atoms with Crippen LogP contribution in [-0.2, 0) is 17.6 Å². The zero-order valence-corrected chi connectivity index (χ0v) is 12.6. The lowest BCUT2D eigenvalue weighted by Gasteiger charge is -2.08. The topological polar surface area (TPSA) is 112 Å². The van der Waals surface area contributed by atoms with Crippen LogP contribution in [0.5, 0.6) is 0 Å². The van der Waals surface area contributed by atoms with E-state index in [9.17, 15) is 4.79 Å². The summed E-state index contributed by atoms with van der Waals surface area (Å²) >= 11 is 0. The molecule has 0 aromatic heterocycles. The highest BCUT2D eigenvalue weighted by Gasteiger charge is 2.16. The van der Waals surface area contributed by atoms with Gasteiger partial charge in [-0.25, -0.2) is 0 Å². The summed E-state index contributed by atoms with van der Waals surface area (Å²) in [6.45, 7) is 0. The lowest BCUT2D eigenvalue weighted by molar-refractivity contribution is -0.117. The Morgan fingerprint density at radius 1 is 0.667 bits per heavy atom. The van der Waals surface area contributed by atoms with E-state index in [1.54, 1.807) is 36.4 Å². The van der Waals surface area contributed by atoms with Gasteiger partial charge >= 0.3 is 0 Å². The molecule has 5 nitrogen and oxygen atoms in total. The number of benzene rings is 2. The zero-order valence-electron chi connectivity index (χ0n) is 12.6. The van der Waals surface area contributed by atoms with E-state index in [4.69, 9.17) is 21.0 Å². The molecule has 24 heavy (non-hydrogen) atoms. The Morgan fingerprint density at radius 3 is 1.21 bits per heavy atom. The fourth-order valence-electron chi connectivity index (χ4n) is 2.43. The van der Waals surface area contributed by atoms with Crippen molar-refractivity contribution in [3.63, 3.8) is 0 Å². The number of hydrogen-bond acceptors (Lipinski definition) is 5. The standard InChI is InChI=1S/C19H10N4O/c20-9-13-3-1-4-14(10-21)18(13)7-17(24)8-19-15(11-22)5-2-6-16(19)12-23/h1-6H,7-8H2. The molecule has 2 aromatic rings. The third-order valence-electron chi connectivity index (χ3n) is 3.58. The van der Waals surface area contributed by atoms with Crippen LogP contribution in [0, 0.1) is 45.3 Å². The summed E-state index contributed by atoms with van der Waals surface area (Å²) in [6, 6.07) is 17.3. The fraction of sp³-hybridized carbons (Fsp3) is 0.105. The maximum Gasteiger partial charge on any atom is 0.141 e. The number of Topliss-reactive ketones (excluding diaryl/α,β-unsaturated/α-hetero) is 1. The van der Waals surface area contributed by atoms with E-state index in [0.717, 1.165) is 0 Å². The lowest BCUT2D eigenvalue weighted by Crippen LogP contribution is -2.11. The minimum Gasteiger partial charge on any atom is -0.299 e. The van der Waals surface area contributed by atoms with Crippen molar-refractivity contribution >= 4 is 5.78 Å². The first-order chi connectivity index (χ1) is 11.6. The van der Waals surface area contributed by atoms with Gasteiger partial charge in [-0.1, -0.05) is 12.1 Å². The Morgan fingerprint density at radius 2 is 0.958 bits per heavy atom. The number of carbonyl (C=O) groups is 1. The van der Waals surface area contributed by atoms with Crippen molar-refractivity contribution in [1.29, 1.82) is 21.0 Å². The molecule has 2 rings (SSSR count). The van der Waals surface area contributed by atoms with Gasteiger partial charge < -0.3 is 0 Å². The Balaban J connectivity index is 2.36. The van der Waals surface area contributed by atoms with Gasteiger partial charge in [0.15, 0.2) is 0 Å². The van der Waals surface area contributed by atoms with Crippen LogP contribution in [0.4, 0.5) is 0 Å². The Kier molecular flexibility index (Phi) is 5.05. The monoisotopic (exact) mass is 310 g/mol. The second kappa shape index (κ2) is 7.37. The van der Waals surface area contributed by atoms with Crippen LogP contribution >= 0.6 is 0 Å². The summed E-state index contributed by atoms with van der Waals surface area (Å²) in [4.78, 5) is 12.4. The maximum absolute atomic E-state index is 12.4. The fourth-order valence-corrected chi connectivity index (χ4v) is 2.43. The van der Waals surface area contributed by atoms with Gasteiger partial charge in [0, 0.05) is 12.8 Å². The molecule has 0 radical (unpaired) electrons. The van der Waals surface area contributed by atoms with Crippen molar-refractivity contribution in [1.82, 2.24) is 0 Å². The van der Waals surface area contributed by atoms with Crippen molar-refractivity contribution in [2.75, 3.05) is 0 Å². The molecule has 2 aromatic carbocycles. The van der Waals surface area contributed by atoms with Crippen molar-refractivity contribution < 1.29 is 4.79 Å². The predicted octanol–water partition coefficient (Wildman–Crippen LogP) is 2.53. The molecule has 0 heterocycles. The second-order valence-electron chi connectivity index (χ2n) is 5.00. The van der Waals surface area contributed by atoms with Crippen LogP contribution in [-0.4, -0.2) is 5.78 Å². The molecular formula is C19H10N4O. The molecule has 0 N–H and O–H groups in total. The van der Waals surface area contributed by atoms with Crippen LogP contribution in [0.25, 0.3) is 0 Å². The van der Waals surface area contributed by atoms with Crippen LogP contribution in [0.2, 0.25) is 0 Å². The molecule has 0 aliphatic heterocycles. The normalized spacial score (nSPS) is 9.17. The number of ketones is 1. The van der Waals surface area contributed by atoms with Crippen molar-refractivity contribution in [2.45, 2.75) is 12.8 Å². The molecule has 0 atom stereocenters. The van der Waals surface area contributed by atoms with E-state index in [2.05, 4.69) is 0 Å². The van der Waals surface area contributed by atoms with Crippen LogP contribution in [0.15, 0.2) is 36.4 Å². The largest absolute Gasteiger partial charge is 0.299 e. The lowest BCUT2D eigenvalue weighted by atomic mass is 9.92. The van der Waals surface area contributed by atoms with E-state index in [1.807, 2.05) is 24.3 Å². The second-order valence-corrected chi connectivity index (χ2v) is 5.00. The summed E-state index contributed by atoms with van der Waals surface area (Å²) < 4.78 is 0. The third kappa shape index (κ3) is 3.28. The predicted molar refractivity (Wildman–Crippen MR) is 84.2 cm³/mol. The highest BCUT2D eigenvalue weighted by atomic mass is 16.1. The van der Waals surface area contributed by atoms with Gasteiger partial charge in [-0.15, -0.1) is 0 Å². The summed E-state index contributed by atoms with van der Waals surface area (Å²) in [5.41, 5.74) is 1.85. The van der Waals surface area contributed by atoms with Gasteiger partial charge in [0.05, 0.1) is 46.5 Å². The van der Waals surface area contributed by atoms with Crippen LogP contribution in [0.3, 0.4) is 0 Å². The van der Waals surface area contributed by atoms with E-state index in [0.29, 0.717) is 11.1 Å². The SMILES string of the molecule is N#Cc1cccc(C#N)c1CC(=O)Cc1c(C#N)cccc1C#N. The quantitative estimate of drug-likeness (QED) is 0.861. The summed E-state index contributed by atoms with van der Waals surface area (Å²) in [5.74, 6) is -0.270. The molecule has 0 amide bonds. The highest BCUT2D eigenvalue weighted by molar-refractivity contribution is 5.85. The molecule has 0 aliphatic rings. The van der Waals surface area contributed by atoms with Crippen molar-refractivity contribution in [3.05, 3.63) is 69.8 Å². The Labute approximate surface area is 139 Å². The first-order valence-corrected chi connectivity index (χ1v) is 7.00. The molecule has 112 valence electrons.